The molecule has 0 spiro atoms. The molecule has 1 amide bonds. The van der Waals surface area contributed by atoms with Gasteiger partial charge in [0, 0.05) is 18.9 Å². The van der Waals surface area contributed by atoms with Crippen molar-refractivity contribution in [1.82, 2.24) is 25.5 Å². The van der Waals surface area contributed by atoms with E-state index in [0.717, 1.165) is 24.2 Å². The average Bonchev–Trinajstić information content (AvgIpc) is 3.16. The number of aromatic nitrogens is 4. The van der Waals surface area contributed by atoms with E-state index < -0.39 is 0 Å². The first kappa shape index (κ1) is 13.8. The molecule has 0 aromatic carbocycles. The highest BCUT2D eigenvalue weighted by Gasteiger charge is 2.29. The van der Waals surface area contributed by atoms with E-state index in [1.54, 1.807) is 6.20 Å². The molecule has 7 nitrogen and oxygen atoms in total. The number of nitrogens with one attached hydrogen (secondary N) is 3. The van der Waals surface area contributed by atoms with Gasteiger partial charge < -0.3 is 15.0 Å². The van der Waals surface area contributed by atoms with Gasteiger partial charge >= 0.3 is 0 Å². The predicted octanol–water partition coefficient (Wildman–Crippen LogP) is 1.40. The van der Waals surface area contributed by atoms with Crippen molar-refractivity contribution in [2.75, 3.05) is 6.54 Å². The monoisotopic (exact) mass is 289 g/mol. The van der Waals surface area contributed by atoms with Gasteiger partial charge in [0.1, 0.15) is 11.9 Å². The Bertz CT molecular complexity index is 633. The smallest absolute Gasteiger partial charge is 0.253 e. The maximum atomic E-state index is 12.0. The van der Waals surface area contributed by atoms with Crippen LogP contribution in [0.2, 0.25) is 0 Å². The van der Waals surface area contributed by atoms with Crippen LogP contribution in [-0.2, 0) is 4.74 Å². The Morgan fingerprint density at radius 1 is 1.43 bits per heavy atom. The molecule has 2 aromatic rings. The van der Waals surface area contributed by atoms with E-state index in [2.05, 4.69) is 25.5 Å². The first-order valence-electron chi connectivity index (χ1n) is 7.09. The summed E-state index contributed by atoms with van der Waals surface area (Å²) in [6.45, 7) is 4.27. The molecular weight excluding hydrogens is 270 g/mol. The molecule has 3 rings (SSSR count). The molecule has 0 bridgehead atoms. The molecule has 0 unspecified atom stereocenters. The average molecular weight is 289 g/mol. The van der Waals surface area contributed by atoms with E-state index >= 15 is 0 Å². The standard InChI is InChI=1S/C14H19N5O2/c1-8-5-15-7-11(8)14(20)16-6-10-3-4-12(21-10)13-17-9(2)18-19-13/h5,7,10,12,15H,3-4,6H2,1-2H3,(H,16,20)(H,17,18,19)/t10-,12+/m1/s1. The van der Waals surface area contributed by atoms with E-state index in [9.17, 15) is 4.79 Å². The first-order chi connectivity index (χ1) is 10.1. The number of aromatic amines is 2. The summed E-state index contributed by atoms with van der Waals surface area (Å²) in [7, 11) is 0. The maximum Gasteiger partial charge on any atom is 0.253 e. The third-order valence-corrected chi connectivity index (χ3v) is 3.70. The van der Waals surface area contributed by atoms with Crippen molar-refractivity contribution in [1.29, 1.82) is 0 Å². The number of carbonyl (C=O) groups is 1. The molecule has 1 aliphatic rings. The lowest BCUT2D eigenvalue weighted by Crippen LogP contribution is -2.32. The molecule has 0 aliphatic carbocycles. The summed E-state index contributed by atoms with van der Waals surface area (Å²) in [4.78, 5) is 19.2. The molecule has 1 fully saturated rings. The Morgan fingerprint density at radius 2 is 2.29 bits per heavy atom. The number of hydrogen-bond acceptors (Lipinski definition) is 4. The zero-order valence-electron chi connectivity index (χ0n) is 12.1. The minimum atomic E-state index is -0.0779. The SMILES string of the molecule is Cc1nc([C@@H]2CC[C@H](CNC(=O)c3c[nH]cc3C)O2)n[nH]1. The van der Waals surface area contributed by atoms with Gasteiger partial charge in [0.15, 0.2) is 5.82 Å². The lowest BCUT2D eigenvalue weighted by Gasteiger charge is -2.12. The van der Waals surface area contributed by atoms with Gasteiger partial charge in [0.25, 0.3) is 5.91 Å². The third-order valence-electron chi connectivity index (χ3n) is 3.70. The fourth-order valence-electron chi connectivity index (χ4n) is 2.54. The molecule has 7 heteroatoms. The minimum Gasteiger partial charge on any atom is -0.367 e. The highest BCUT2D eigenvalue weighted by atomic mass is 16.5. The lowest BCUT2D eigenvalue weighted by atomic mass is 10.1. The van der Waals surface area contributed by atoms with Crippen LogP contribution in [-0.4, -0.2) is 38.7 Å². The van der Waals surface area contributed by atoms with Crippen LogP contribution < -0.4 is 5.32 Å². The van der Waals surface area contributed by atoms with Crippen molar-refractivity contribution in [3.8, 4) is 0 Å². The molecule has 3 N–H and O–H groups in total. The Morgan fingerprint density at radius 3 is 2.95 bits per heavy atom. The van der Waals surface area contributed by atoms with Crippen LogP contribution in [0.1, 0.15) is 46.5 Å². The molecule has 0 saturated carbocycles. The maximum absolute atomic E-state index is 12.0. The van der Waals surface area contributed by atoms with E-state index in [1.165, 1.54) is 0 Å². The van der Waals surface area contributed by atoms with E-state index in [1.807, 2.05) is 20.0 Å². The second-order valence-corrected chi connectivity index (χ2v) is 5.37. The van der Waals surface area contributed by atoms with Gasteiger partial charge in [-0.15, -0.1) is 0 Å². The van der Waals surface area contributed by atoms with Gasteiger partial charge in [-0.1, -0.05) is 0 Å². The summed E-state index contributed by atoms with van der Waals surface area (Å²) in [6, 6.07) is 0. The van der Waals surface area contributed by atoms with Gasteiger partial charge in [-0.25, -0.2) is 4.98 Å². The predicted molar refractivity (Wildman–Crippen MR) is 75.8 cm³/mol. The molecular formula is C14H19N5O2. The van der Waals surface area contributed by atoms with Crippen molar-refractivity contribution in [3.63, 3.8) is 0 Å². The molecule has 112 valence electrons. The molecule has 0 radical (unpaired) electrons. The molecule has 2 atom stereocenters. The van der Waals surface area contributed by atoms with E-state index in [0.29, 0.717) is 17.9 Å². The molecule has 1 aliphatic heterocycles. The third kappa shape index (κ3) is 2.97. The number of aryl methyl sites for hydroxylation is 2. The van der Waals surface area contributed by atoms with Crippen LogP contribution in [0.5, 0.6) is 0 Å². The number of hydrogen-bond donors (Lipinski definition) is 3. The van der Waals surface area contributed by atoms with Crippen molar-refractivity contribution < 1.29 is 9.53 Å². The van der Waals surface area contributed by atoms with E-state index in [-0.39, 0.29) is 18.1 Å². The van der Waals surface area contributed by atoms with Crippen LogP contribution >= 0.6 is 0 Å². The summed E-state index contributed by atoms with van der Waals surface area (Å²) in [5.41, 5.74) is 1.61. The van der Waals surface area contributed by atoms with Gasteiger partial charge in [0.05, 0.1) is 11.7 Å². The zero-order chi connectivity index (χ0) is 14.8. The Balaban J connectivity index is 1.51. The van der Waals surface area contributed by atoms with Crippen molar-refractivity contribution >= 4 is 5.91 Å². The summed E-state index contributed by atoms with van der Waals surface area (Å²) in [6.07, 6.45) is 5.22. The molecule has 2 aromatic heterocycles. The fourth-order valence-corrected chi connectivity index (χ4v) is 2.54. The molecule has 1 saturated heterocycles. The normalized spacial score (nSPS) is 21.6. The second kappa shape index (κ2) is 5.69. The Kier molecular flexibility index (Phi) is 3.74. The molecule has 21 heavy (non-hydrogen) atoms. The number of H-pyrrole nitrogens is 2. The summed E-state index contributed by atoms with van der Waals surface area (Å²) in [5.74, 6) is 1.41. The topological polar surface area (TPSA) is 95.7 Å². The first-order valence-corrected chi connectivity index (χ1v) is 7.09. The highest BCUT2D eigenvalue weighted by Crippen LogP contribution is 2.30. The number of ether oxygens (including phenoxy) is 1. The van der Waals surface area contributed by atoms with Crippen LogP contribution in [0.25, 0.3) is 0 Å². The van der Waals surface area contributed by atoms with Crippen LogP contribution in [0.15, 0.2) is 12.4 Å². The van der Waals surface area contributed by atoms with Crippen LogP contribution in [0, 0.1) is 13.8 Å². The van der Waals surface area contributed by atoms with Crippen LogP contribution in [0.4, 0.5) is 0 Å². The minimum absolute atomic E-state index is 0.0111. The number of carbonyl (C=O) groups excluding carboxylic acids is 1. The quantitative estimate of drug-likeness (QED) is 0.792. The summed E-state index contributed by atoms with van der Waals surface area (Å²) < 4.78 is 5.89. The van der Waals surface area contributed by atoms with Crippen molar-refractivity contribution in [3.05, 3.63) is 35.2 Å². The number of nitrogens with zero attached hydrogens (tertiary/aromatic N) is 2. The van der Waals surface area contributed by atoms with Gasteiger partial charge in [-0.2, -0.15) is 5.10 Å². The van der Waals surface area contributed by atoms with Gasteiger partial charge in [-0.05, 0) is 32.3 Å². The number of rotatable bonds is 4. The molecule has 3 heterocycles. The Hall–Kier alpha value is -2.15. The lowest BCUT2D eigenvalue weighted by molar-refractivity contribution is 0.0392. The van der Waals surface area contributed by atoms with Crippen molar-refractivity contribution in [2.24, 2.45) is 0 Å². The van der Waals surface area contributed by atoms with Crippen molar-refractivity contribution in [2.45, 2.75) is 38.9 Å². The summed E-state index contributed by atoms with van der Waals surface area (Å²) >= 11 is 0. The fraction of sp³-hybridized carbons (Fsp3) is 0.500. The Labute approximate surface area is 122 Å². The highest BCUT2D eigenvalue weighted by molar-refractivity contribution is 5.95. The van der Waals surface area contributed by atoms with Gasteiger partial charge in [0.2, 0.25) is 0 Å². The second-order valence-electron chi connectivity index (χ2n) is 5.37. The van der Waals surface area contributed by atoms with Crippen LogP contribution in [0.3, 0.4) is 0 Å². The summed E-state index contributed by atoms with van der Waals surface area (Å²) in [5, 5.41) is 9.86. The largest absolute Gasteiger partial charge is 0.367 e. The van der Waals surface area contributed by atoms with E-state index in [4.69, 9.17) is 4.74 Å². The number of amides is 1. The zero-order valence-corrected chi connectivity index (χ0v) is 12.1. The van der Waals surface area contributed by atoms with Gasteiger partial charge in [-0.3, -0.25) is 9.89 Å².